The fourth-order valence-corrected chi connectivity index (χ4v) is 2.41. The minimum Gasteiger partial charge on any atom is -0.496 e. The number of ether oxygens (including phenoxy) is 2. The van der Waals surface area contributed by atoms with Crippen molar-refractivity contribution in [2.24, 2.45) is 0 Å². The van der Waals surface area contributed by atoms with Crippen LogP contribution < -0.4 is 20.1 Å². The Labute approximate surface area is 147 Å². The Balaban J connectivity index is 1.92. The first kappa shape index (κ1) is 18.3. The van der Waals surface area contributed by atoms with Crippen molar-refractivity contribution in [2.75, 3.05) is 20.8 Å². The molecule has 2 aromatic rings. The molecular weight excluding hydrogens is 320 g/mol. The quantitative estimate of drug-likeness (QED) is 0.807. The average Bonchev–Trinajstić information content (AvgIpc) is 2.63. The van der Waals surface area contributed by atoms with Gasteiger partial charge >= 0.3 is 0 Å². The molecule has 2 aromatic carbocycles. The van der Waals surface area contributed by atoms with Gasteiger partial charge in [-0.25, -0.2) is 0 Å². The lowest BCUT2D eigenvalue weighted by Gasteiger charge is -2.13. The van der Waals surface area contributed by atoms with Gasteiger partial charge in [0.25, 0.3) is 5.91 Å². The molecule has 0 aliphatic rings. The van der Waals surface area contributed by atoms with Crippen LogP contribution in [0.5, 0.6) is 11.5 Å². The maximum Gasteiger partial charge on any atom is 0.259 e. The summed E-state index contributed by atoms with van der Waals surface area (Å²) in [6.07, 6.45) is 0. The van der Waals surface area contributed by atoms with E-state index in [2.05, 4.69) is 10.6 Å². The fourth-order valence-electron chi connectivity index (χ4n) is 2.41. The van der Waals surface area contributed by atoms with E-state index in [1.165, 1.54) is 14.2 Å². The van der Waals surface area contributed by atoms with E-state index in [-0.39, 0.29) is 18.0 Å². The molecule has 0 aliphatic heterocycles. The predicted octanol–water partition coefficient (Wildman–Crippen LogP) is 2.06. The van der Waals surface area contributed by atoms with Crippen molar-refractivity contribution in [3.8, 4) is 11.5 Å². The first-order valence-electron chi connectivity index (χ1n) is 7.86. The van der Waals surface area contributed by atoms with E-state index in [9.17, 15) is 9.59 Å². The van der Waals surface area contributed by atoms with Crippen molar-refractivity contribution >= 4 is 11.8 Å². The minimum atomic E-state index is -0.431. The Morgan fingerprint density at radius 3 is 2.20 bits per heavy atom. The molecule has 0 fully saturated rings. The summed E-state index contributed by atoms with van der Waals surface area (Å²) < 4.78 is 10.4. The van der Waals surface area contributed by atoms with Crippen LogP contribution in [0.2, 0.25) is 0 Å². The van der Waals surface area contributed by atoms with Crippen LogP contribution in [-0.2, 0) is 11.3 Å². The van der Waals surface area contributed by atoms with E-state index >= 15 is 0 Å². The molecule has 0 aromatic heterocycles. The Kier molecular flexibility index (Phi) is 6.39. The lowest BCUT2D eigenvalue weighted by molar-refractivity contribution is -0.120. The molecular formula is C19H22N2O4. The van der Waals surface area contributed by atoms with Gasteiger partial charge in [-0.15, -0.1) is 0 Å². The van der Waals surface area contributed by atoms with Gasteiger partial charge in [0, 0.05) is 6.54 Å². The number of nitrogens with one attached hydrogen (secondary N) is 2. The minimum absolute atomic E-state index is 0.133. The normalized spacial score (nSPS) is 10.0. The number of aryl methyl sites for hydroxylation is 1. The van der Waals surface area contributed by atoms with Crippen molar-refractivity contribution in [2.45, 2.75) is 13.5 Å². The highest BCUT2D eigenvalue weighted by molar-refractivity contribution is 6.01. The van der Waals surface area contributed by atoms with Crippen molar-refractivity contribution in [3.63, 3.8) is 0 Å². The summed E-state index contributed by atoms with van der Waals surface area (Å²) in [6, 6.07) is 12.9. The molecule has 2 N–H and O–H groups in total. The number of amides is 2. The highest BCUT2D eigenvalue weighted by atomic mass is 16.5. The van der Waals surface area contributed by atoms with E-state index < -0.39 is 5.91 Å². The first-order chi connectivity index (χ1) is 12.0. The number of benzene rings is 2. The molecule has 6 nitrogen and oxygen atoms in total. The molecule has 2 amide bonds. The number of hydrogen-bond donors (Lipinski definition) is 2. The largest absolute Gasteiger partial charge is 0.496 e. The first-order valence-corrected chi connectivity index (χ1v) is 7.86. The van der Waals surface area contributed by atoms with Gasteiger partial charge in [0.2, 0.25) is 5.91 Å². The molecule has 0 saturated carbocycles. The van der Waals surface area contributed by atoms with Crippen LogP contribution in [0.3, 0.4) is 0 Å². The Bertz CT molecular complexity index is 737. The smallest absolute Gasteiger partial charge is 0.259 e. The Hall–Kier alpha value is -3.02. The molecule has 0 heterocycles. The molecule has 0 saturated heterocycles. The van der Waals surface area contributed by atoms with Crippen molar-refractivity contribution in [1.82, 2.24) is 10.6 Å². The zero-order valence-corrected chi connectivity index (χ0v) is 14.6. The van der Waals surface area contributed by atoms with Gasteiger partial charge in [0.15, 0.2) is 0 Å². The molecule has 0 aliphatic carbocycles. The van der Waals surface area contributed by atoms with Crippen molar-refractivity contribution < 1.29 is 19.1 Å². The summed E-state index contributed by atoms with van der Waals surface area (Å²) in [5.74, 6) is 0.0674. The van der Waals surface area contributed by atoms with E-state index in [1.807, 2.05) is 31.2 Å². The highest BCUT2D eigenvalue weighted by Gasteiger charge is 2.18. The molecule has 2 rings (SSSR count). The van der Waals surface area contributed by atoms with Gasteiger partial charge in [0.05, 0.1) is 20.8 Å². The summed E-state index contributed by atoms with van der Waals surface area (Å²) in [5, 5.41) is 5.36. The zero-order valence-electron chi connectivity index (χ0n) is 14.6. The van der Waals surface area contributed by atoms with Crippen LogP contribution in [0.25, 0.3) is 0 Å². The second-order valence-corrected chi connectivity index (χ2v) is 5.49. The average molecular weight is 342 g/mol. The van der Waals surface area contributed by atoms with E-state index in [0.29, 0.717) is 18.0 Å². The van der Waals surface area contributed by atoms with Gasteiger partial charge in [0.1, 0.15) is 17.1 Å². The van der Waals surface area contributed by atoms with E-state index in [1.54, 1.807) is 18.2 Å². The third-order valence-corrected chi connectivity index (χ3v) is 3.64. The second kappa shape index (κ2) is 8.73. The van der Waals surface area contributed by atoms with Gasteiger partial charge in [-0.3, -0.25) is 9.59 Å². The number of hydrogen-bond acceptors (Lipinski definition) is 4. The standard InChI is InChI=1S/C19H22N2O4/c1-13-6-4-7-14(10-13)11-20-17(22)12-21-19(23)18-15(24-2)8-5-9-16(18)25-3/h4-10H,11-12H2,1-3H3,(H,20,22)(H,21,23). The highest BCUT2D eigenvalue weighted by Crippen LogP contribution is 2.27. The molecule has 0 radical (unpaired) electrons. The topological polar surface area (TPSA) is 76.7 Å². The number of carbonyl (C=O) groups excluding carboxylic acids is 2. The lowest BCUT2D eigenvalue weighted by atomic mass is 10.1. The van der Waals surface area contributed by atoms with Crippen molar-refractivity contribution in [1.29, 1.82) is 0 Å². The zero-order chi connectivity index (χ0) is 18.2. The Morgan fingerprint density at radius 1 is 0.960 bits per heavy atom. The molecule has 6 heteroatoms. The van der Waals surface area contributed by atoms with Gasteiger partial charge in [-0.1, -0.05) is 35.9 Å². The lowest BCUT2D eigenvalue weighted by Crippen LogP contribution is -2.36. The van der Waals surface area contributed by atoms with Crippen LogP contribution in [-0.4, -0.2) is 32.6 Å². The summed E-state index contributed by atoms with van der Waals surface area (Å²) >= 11 is 0. The molecule has 0 bridgehead atoms. The molecule has 0 atom stereocenters. The summed E-state index contributed by atoms with van der Waals surface area (Å²) in [5.41, 5.74) is 2.40. The number of methoxy groups -OCH3 is 2. The third kappa shape index (κ3) is 4.97. The summed E-state index contributed by atoms with van der Waals surface area (Å²) in [6.45, 7) is 2.27. The van der Waals surface area contributed by atoms with Crippen molar-refractivity contribution in [3.05, 3.63) is 59.2 Å². The predicted molar refractivity (Wildman–Crippen MR) is 94.9 cm³/mol. The maximum atomic E-state index is 12.4. The molecule has 25 heavy (non-hydrogen) atoms. The van der Waals surface area contributed by atoms with Crippen LogP contribution in [0.15, 0.2) is 42.5 Å². The van der Waals surface area contributed by atoms with Crippen LogP contribution in [0, 0.1) is 6.92 Å². The van der Waals surface area contributed by atoms with Gasteiger partial charge in [-0.05, 0) is 24.6 Å². The van der Waals surface area contributed by atoms with Crippen LogP contribution in [0.4, 0.5) is 0 Å². The van der Waals surface area contributed by atoms with Gasteiger partial charge < -0.3 is 20.1 Å². The molecule has 0 spiro atoms. The number of rotatable bonds is 7. The second-order valence-electron chi connectivity index (χ2n) is 5.49. The SMILES string of the molecule is COc1cccc(OC)c1C(=O)NCC(=O)NCc1cccc(C)c1. The molecule has 0 unspecified atom stereocenters. The fraction of sp³-hybridized carbons (Fsp3) is 0.263. The number of carbonyl (C=O) groups is 2. The summed E-state index contributed by atoms with van der Waals surface area (Å²) in [7, 11) is 2.94. The third-order valence-electron chi connectivity index (χ3n) is 3.64. The van der Waals surface area contributed by atoms with Crippen LogP contribution >= 0.6 is 0 Å². The Morgan fingerprint density at radius 2 is 1.60 bits per heavy atom. The molecule has 132 valence electrons. The maximum absolute atomic E-state index is 12.4. The van der Waals surface area contributed by atoms with Gasteiger partial charge in [-0.2, -0.15) is 0 Å². The van der Waals surface area contributed by atoms with E-state index in [4.69, 9.17) is 9.47 Å². The van der Waals surface area contributed by atoms with Crippen LogP contribution in [0.1, 0.15) is 21.5 Å². The van der Waals surface area contributed by atoms with E-state index in [0.717, 1.165) is 11.1 Å². The monoisotopic (exact) mass is 342 g/mol. The summed E-state index contributed by atoms with van der Waals surface area (Å²) in [4.78, 5) is 24.3.